The van der Waals surface area contributed by atoms with Crippen molar-refractivity contribution in [3.8, 4) is 5.82 Å². The van der Waals surface area contributed by atoms with Gasteiger partial charge in [0.05, 0.1) is 12.6 Å². The van der Waals surface area contributed by atoms with Crippen molar-refractivity contribution >= 4 is 44.0 Å². The zero-order valence-electron chi connectivity index (χ0n) is 22.4. The number of benzene rings is 1. The van der Waals surface area contributed by atoms with E-state index in [1.54, 1.807) is 29.0 Å². The van der Waals surface area contributed by atoms with Crippen LogP contribution in [0.5, 0.6) is 0 Å². The monoisotopic (exact) mass is 558 g/mol. The summed E-state index contributed by atoms with van der Waals surface area (Å²) < 4.78 is 19.5. The van der Waals surface area contributed by atoms with Crippen molar-refractivity contribution in [2.24, 2.45) is 10.3 Å². The van der Waals surface area contributed by atoms with Crippen LogP contribution in [-0.4, -0.2) is 70.9 Å². The average molecular weight is 559 g/mol. The number of pyridine rings is 1. The molecular weight excluding hydrogens is 528 g/mol. The number of nitrogens with zero attached hydrogens (tertiary/aromatic N) is 7. The molecule has 6 rings (SSSR count). The van der Waals surface area contributed by atoms with E-state index in [4.69, 9.17) is 0 Å². The van der Waals surface area contributed by atoms with Gasteiger partial charge in [0.15, 0.2) is 23.1 Å². The van der Waals surface area contributed by atoms with Gasteiger partial charge in [-0.3, -0.25) is 14.5 Å². The van der Waals surface area contributed by atoms with E-state index in [1.807, 2.05) is 24.3 Å². The Balaban J connectivity index is 1.31. The van der Waals surface area contributed by atoms with Gasteiger partial charge in [0.2, 0.25) is 5.95 Å². The number of allylic oxidation sites excluding steroid dienone is 1. The van der Waals surface area contributed by atoms with E-state index >= 15 is 0 Å². The predicted octanol–water partition coefficient (Wildman–Crippen LogP) is 3.08. The van der Waals surface area contributed by atoms with E-state index in [2.05, 4.69) is 36.1 Å². The third-order valence-corrected chi connectivity index (χ3v) is 7.88. The summed E-state index contributed by atoms with van der Waals surface area (Å²) in [5.41, 5.74) is 1.96. The highest BCUT2D eigenvalue weighted by Gasteiger charge is 2.44. The lowest BCUT2D eigenvalue weighted by Gasteiger charge is -2.23. The van der Waals surface area contributed by atoms with Gasteiger partial charge in [-0.2, -0.15) is 9.35 Å². The topological polar surface area (TPSA) is 127 Å². The molecule has 1 N–H and O–H groups in total. The first-order valence-corrected chi connectivity index (χ1v) is 15.4. The summed E-state index contributed by atoms with van der Waals surface area (Å²) >= 11 is 0. The van der Waals surface area contributed by atoms with Crippen molar-refractivity contribution < 1.29 is 9.00 Å². The Labute approximate surface area is 231 Å². The lowest BCUT2D eigenvalue weighted by molar-refractivity contribution is -0.124. The molecule has 2 aliphatic heterocycles. The number of piperidine rings is 1. The van der Waals surface area contributed by atoms with Crippen LogP contribution in [0, 0.1) is 5.92 Å². The molecular formula is C28H30N8O3S. The normalized spacial score (nSPS) is 20.2. The molecule has 206 valence electrons. The highest BCUT2D eigenvalue weighted by molar-refractivity contribution is 7.92. The highest BCUT2D eigenvalue weighted by Crippen LogP contribution is 2.31. The third-order valence-electron chi connectivity index (χ3n) is 7.26. The van der Waals surface area contributed by atoms with Crippen LogP contribution in [-0.2, 0) is 27.5 Å². The summed E-state index contributed by atoms with van der Waals surface area (Å²) in [5.74, 6) is 1.59. The van der Waals surface area contributed by atoms with Gasteiger partial charge in [-0.1, -0.05) is 24.3 Å². The van der Waals surface area contributed by atoms with Crippen molar-refractivity contribution in [3.05, 3.63) is 77.2 Å². The Kier molecular flexibility index (Phi) is 6.59. The lowest BCUT2D eigenvalue weighted by Crippen LogP contribution is -2.37. The minimum Gasteiger partial charge on any atom is -0.324 e. The van der Waals surface area contributed by atoms with E-state index in [1.165, 1.54) is 23.4 Å². The molecule has 0 saturated carbocycles. The van der Waals surface area contributed by atoms with Crippen LogP contribution >= 0.6 is 0 Å². The molecule has 2 bridgehead atoms. The highest BCUT2D eigenvalue weighted by atomic mass is 32.2. The third kappa shape index (κ3) is 4.95. The molecule has 4 aromatic rings. The zero-order valence-corrected chi connectivity index (χ0v) is 23.2. The number of fused-ring (bicyclic) bond motifs is 3. The molecule has 0 spiro atoms. The molecule has 2 fully saturated rings. The van der Waals surface area contributed by atoms with Gasteiger partial charge in [0.1, 0.15) is 5.39 Å². The molecule has 1 aromatic carbocycles. The molecule has 5 heterocycles. The lowest BCUT2D eigenvalue weighted by atomic mass is 9.94. The van der Waals surface area contributed by atoms with Crippen molar-refractivity contribution in [1.29, 1.82) is 0 Å². The van der Waals surface area contributed by atoms with E-state index in [0.717, 1.165) is 30.8 Å². The minimum atomic E-state index is -2.43. The van der Waals surface area contributed by atoms with E-state index in [9.17, 15) is 13.8 Å². The van der Waals surface area contributed by atoms with Crippen molar-refractivity contribution in [3.63, 3.8) is 0 Å². The number of aromatic nitrogens is 5. The molecule has 0 radical (unpaired) electrons. The first kappa shape index (κ1) is 26.1. The number of nitrogens with one attached hydrogen (secondary N) is 1. The van der Waals surface area contributed by atoms with Crippen LogP contribution in [0.25, 0.3) is 16.9 Å². The van der Waals surface area contributed by atoms with Crippen LogP contribution in [0.4, 0.5) is 17.5 Å². The summed E-state index contributed by atoms with van der Waals surface area (Å²) in [6, 6.07) is 13.0. The Bertz CT molecular complexity index is 1810. The number of rotatable bonds is 8. The van der Waals surface area contributed by atoms with Crippen molar-refractivity contribution in [1.82, 2.24) is 29.2 Å². The standard InChI is InChI=1S/C28H30N8O3S/c1-4-13-35-27(38)21-16-29-28(32-26(21)36(35)24-7-5-6-23(31-24)33-40(2,3)39)30-20-10-8-18(9-11-20)15-22-25(37)19-12-14-34(22)17-19/h4-11,16,19,22H,1,12-15,17H2,2-3H3,(H,29,30,32). The molecule has 11 nitrogen and oxygen atoms in total. The number of hydrogen-bond acceptors (Lipinski definition) is 9. The SMILES string of the molecule is C=CCn1c(=O)c2cnc(Nc3ccc(CC4C(=O)C5CCN4C5)cc3)nc2n1-c1cccc(N=S(C)(C)=O)n1. The maximum atomic E-state index is 13.2. The minimum absolute atomic E-state index is 0.0133. The van der Waals surface area contributed by atoms with E-state index in [0.29, 0.717) is 40.8 Å². The number of hydrogen-bond donors (Lipinski definition) is 1. The van der Waals surface area contributed by atoms with Gasteiger partial charge in [-0.15, -0.1) is 6.58 Å². The summed E-state index contributed by atoms with van der Waals surface area (Å²) in [5, 5.41) is 3.54. The maximum absolute atomic E-state index is 13.2. The quantitative estimate of drug-likeness (QED) is 0.327. The van der Waals surface area contributed by atoms with Crippen molar-refractivity contribution in [2.45, 2.75) is 25.4 Å². The summed E-state index contributed by atoms with van der Waals surface area (Å²) in [6.07, 6.45) is 7.88. The first-order chi connectivity index (χ1) is 19.2. The number of carbonyl (C=O) groups excluding carboxylic acids is 1. The number of ketones is 1. The Morgan fingerprint density at radius 1 is 1.15 bits per heavy atom. The number of anilines is 2. The average Bonchev–Trinajstić information content (AvgIpc) is 3.58. The van der Waals surface area contributed by atoms with Gasteiger partial charge >= 0.3 is 0 Å². The summed E-state index contributed by atoms with van der Waals surface area (Å²) in [7, 11) is -2.43. The number of carbonyl (C=O) groups is 1. The van der Waals surface area contributed by atoms with Crippen molar-refractivity contribution in [2.75, 3.05) is 30.9 Å². The van der Waals surface area contributed by atoms with E-state index in [-0.39, 0.29) is 24.1 Å². The summed E-state index contributed by atoms with van der Waals surface area (Å²) in [6.45, 7) is 5.90. The van der Waals surface area contributed by atoms with Crippen LogP contribution in [0.15, 0.2) is 70.5 Å². The van der Waals surface area contributed by atoms with Crippen LogP contribution in [0.3, 0.4) is 0 Å². The second-order valence-corrected chi connectivity index (χ2v) is 13.0. The Morgan fingerprint density at radius 3 is 2.65 bits per heavy atom. The summed E-state index contributed by atoms with van der Waals surface area (Å²) in [4.78, 5) is 41.6. The Hall–Kier alpha value is -4.16. The van der Waals surface area contributed by atoms with Gasteiger partial charge in [0.25, 0.3) is 5.56 Å². The van der Waals surface area contributed by atoms with Crippen LogP contribution in [0.1, 0.15) is 12.0 Å². The zero-order chi connectivity index (χ0) is 28.0. The molecule has 3 unspecified atom stereocenters. The first-order valence-electron chi connectivity index (χ1n) is 13.1. The second kappa shape index (κ2) is 10.1. The van der Waals surface area contributed by atoms with Crippen LogP contribution < -0.4 is 10.9 Å². The largest absolute Gasteiger partial charge is 0.324 e. The maximum Gasteiger partial charge on any atom is 0.278 e. The molecule has 2 saturated heterocycles. The fourth-order valence-electron chi connectivity index (χ4n) is 5.48. The Morgan fingerprint density at radius 2 is 1.95 bits per heavy atom. The molecule has 3 atom stereocenters. The molecule has 40 heavy (non-hydrogen) atoms. The molecule has 3 aromatic heterocycles. The van der Waals surface area contributed by atoms with Gasteiger partial charge in [-0.05, 0) is 49.2 Å². The fourth-order valence-corrected chi connectivity index (χ4v) is 6.03. The number of Topliss-reactive ketones (excluding diaryl/α,β-unsaturated/α-hetero) is 1. The van der Waals surface area contributed by atoms with E-state index < -0.39 is 9.73 Å². The van der Waals surface area contributed by atoms with Gasteiger partial charge < -0.3 is 5.32 Å². The fraction of sp³-hybridized carbons (Fsp3) is 0.321. The van der Waals surface area contributed by atoms with Gasteiger partial charge in [0, 0.05) is 46.6 Å². The predicted molar refractivity (Wildman–Crippen MR) is 155 cm³/mol. The molecule has 0 amide bonds. The molecule has 2 aliphatic rings. The second-order valence-electron chi connectivity index (χ2n) is 10.5. The van der Waals surface area contributed by atoms with Crippen LogP contribution in [0.2, 0.25) is 0 Å². The van der Waals surface area contributed by atoms with Gasteiger partial charge in [-0.25, -0.2) is 23.5 Å². The molecule has 12 heteroatoms. The molecule has 0 aliphatic carbocycles. The smallest absolute Gasteiger partial charge is 0.278 e.